The van der Waals surface area contributed by atoms with Crippen LogP contribution in [0.5, 0.6) is 0 Å². The second-order valence-electron chi connectivity index (χ2n) is 4.77. The number of fused-ring (bicyclic) bond motifs is 1. The summed E-state index contributed by atoms with van der Waals surface area (Å²) in [5.41, 5.74) is 1.37. The number of hydrogen-bond acceptors (Lipinski definition) is 3. The van der Waals surface area contributed by atoms with Gasteiger partial charge in [0.25, 0.3) is 0 Å². The van der Waals surface area contributed by atoms with Crippen molar-refractivity contribution in [3.05, 3.63) is 22.8 Å². The zero-order valence-electron chi connectivity index (χ0n) is 9.78. The van der Waals surface area contributed by atoms with Gasteiger partial charge in [-0.15, -0.1) is 5.10 Å². The molecule has 0 unspecified atom stereocenters. The van der Waals surface area contributed by atoms with E-state index in [2.05, 4.69) is 38.3 Å². The van der Waals surface area contributed by atoms with Crippen molar-refractivity contribution in [1.29, 1.82) is 0 Å². The van der Waals surface area contributed by atoms with Gasteiger partial charge in [0.05, 0.1) is 4.47 Å². The second-order valence-corrected chi connectivity index (χ2v) is 5.62. The molecule has 1 aliphatic rings. The number of halogens is 1. The molecule has 0 aliphatic heterocycles. The number of rotatable bonds is 4. The van der Waals surface area contributed by atoms with Crippen LogP contribution in [0.15, 0.2) is 22.8 Å². The number of anilines is 1. The van der Waals surface area contributed by atoms with Gasteiger partial charge in [-0.1, -0.05) is 6.92 Å². The zero-order valence-corrected chi connectivity index (χ0v) is 11.4. The third-order valence-electron chi connectivity index (χ3n) is 3.64. The van der Waals surface area contributed by atoms with E-state index in [1.807, 2.05) is 18.3 Å². The second kappa shape index (κ2) is 3.98. The van der Waals surface area contributed by atoms with E-state index in [-0.39, 0.29) is 0 Å². The van der Waals surface area contributed by atoms with Gasteiger partial charge in [0, 0.05) is 12.7 Å². The van der Waals surface area contributed by atoms with E-state index in [0.29, 0.717) is 5.41 Å². The molecule has 17 heavy (non-hydrogen) atoms. The van der Waals surface area contributed by atoms with E-state index < -0.39 is 0 Å². The van der Waals surface area contributed by atoms with Gasteiger partial charge in [-0.2, -0.15) is 4.98 Å². The normalized spacial score (nSPS) is 17.3. The number of pyridine rings is 1. The third-order valence-corrected chi connectivity index (χ3v) is 4.26. The summed E-state index contributed by atoms with van der Waals surface area (Å²) in [6, 6.07) is 3.92. The fourth-order valence-electron chi connectivity index (χ4n) is 2.05. The van der Waals surface area contributed by atoms with Gasteiger partial charge in [0.2, 0.25) is 5.95 Å². The topological polar surface area (TPSA) is 42.2 Å². The molecule has 0 spiro atoms. The monoisotopic (exact) mass is 294 g/mol. The summed E-state index contributed by atoms with van der Waals surface area (Å²) in [6.07, 6.45) is 5.79. The van der Waals surface area contributed by atoms with Gasteiger partial charge in [-0.3, -0.25) is 0 Å². The Bertz CT molecular complexity index is 544. The molecule has 1 N–H and O–H groups in total. The van der Waals surface area contributed by atoms with E-state index in [1.165, 1.54) is 19.3 Å². The molecular formula is C12H15BrN4. The molecule has 0 aromatic carbocycles. The maximum atomic E-state index is 4.47. The first-order chi connectivity index (χ1) is 8.22. The number of nitrogens with zero attached hydrogens (tertiary/aromatic N) is 3. The SMILES string of the molecule is CCC1(CNc2nc3c(Br)cccn3n2)CC1. The van der Waals surface area contributed by atoms with Crippen LogP contribution in [-0.2, 0) is 0 Å². The minimum absolute atomic E-state index is 0.509. The Hall–Kier alpha value is -1.10. The summed E-state index contributed by atoms with van der Waals surface area (Å²) in [7, 11) is 0. The van der Waals surface area contributed by atoms with Gasteiger partial charge in [0.15, 0.2) is 5.65 Å². The summed E-state index contributed by atoms with van der Waals surface area (Å²) < 4.78 is 2.76. The van der Waals surface area contributed by atoms with Crippen molar-refractivity contribution < 1.29 is 0 Å². The van der Waals surface area contributed by atoms with Gasteiger partial charge in [-0.25, -0.2) is 4.52 Å². The zero-order chi connectivity index (χ0) is 11.9. The Balaban J connectivity index is 1.79. The van der Waals surface area contributed by atoms with E-state index in [4.69, 9.17) is 0 Å². The van der Waals surface area contributed by atoms with Crippen LogP contribution >= 0.6 is 15.9 Å². The quantitative estimate of drug-likeness (QED) is 0.942. The molecule has 2 aromatic heterocycles. The van der Waals surface area contributed by atoms with Crippen LogP contribution in [0.2, 0.25) is 0 Å². The van der Waals surface area contributed by atoms with Crippen LogP contribution in [0, 0.1) is 5.41 Å². The molecule has 3 rings (SSSR count). The molecule has 1 fully saturated rings. The van der Waals surface area contributed by atoms with Crippen LogP contribution in [-0.4, -0.2) is 21.1 Å². The van der Waals surface area contributed by atoms with Gasteiger partial charge < -0.3 is 5.32 Å². The van der Waals surface area contributed by atoms with Crippen molar-refractivity contribution in [3.63, 3.8) is 0 Å². The van der Waals surface area contributed by atoms with Crippen molar-refractivity contribution in [3.8, 4) is 0 Å². The van der Waals surface area contributed by atoms with E-state index in [0.717, 1.165) is 22.6 Å². The van der Waals surface area contributed by atoms with Crippen LogP contribution in [0.25, 0.3) is 5.65 Å². The first-order valence-electron chi connectivity index (χ1n) is 5.97. The fraction of sp³-hybridized carbons (Fsp3) is 0.500. The van der Waals surface area contributed by atoms with Crippen LogP contribution < -0.4 is 5.32 Å². The molecule has 0 atom stereocenters. The van der Waals surface area contributed by atoms with Crippen molar-refractivity contribution in [1.82, 2.24) is 14.6 Å². The Morgan fingerprint density at radius 1 is 1.53 bits per heavy atom. The summed E-state index contributed by atoms with van der Waals surface area (Å²) >= 11 is 3.48. The average Bonchev–Trinajstić information content (AvgIpc) is 3.00. The van der Waals surface area contributed by atoms with Crippen molar-refractivity contribution in [2.24, 2.45) is 5.41 Å². The molecule has 90 valence electrons. The molecule has 0 radical (unpaired) electrons. The highest BCUT2D eigenvalue weighted by Crippen LogP contribution is 2.48. The first-order valence-corrected chi connectivity index (χ1v) is 6.76. The number of nitrogens with one attached hydrogen (secondary N) is 1. The minimum atomic E-state index is 0.509. The Morgan fingerprint density at radius 3 is 3.00 bits per heavy atom. The lowest BCUT2D eigenvalue weighted by Crippen LogP contribution is -2.15. The highest BCUT2D eigenvalue weighted by Gasteiger charge is 2.40. The van der Waals surface area contributed by atoms with Crippen molar-refractivity contribution in [2.45, 2.75) is 26.2 Å². The summed E-state index contributed by atoms with van der Waals surface area (Å²) in [6.45, 7) is 3.24. The van der Waals surface area contributed by atoms with E-state index in [9.17, 15) is 0 Å². The predicted octanol–water partition coefficient (Wildman–Crippen LogP) is 3.09. The minimum Gasteiger partial charge on any atom is -0.352 e. The third kappa shape index (κ3) is 2.04. The summed E-state index contributed by atoms with van der Waals surface area (Å²) in [5, 5.41) is 7.75. The maximum Gasteiger partial charge on any atom is 0.243 e. The lowest BCUT2D eigenvalue weighted by Gasteiger charge is -2.11. The van der Waals surface area contributed by atoms with Gasteiger partial charge >= 0.3 is 0 Å². The molecule has 1 saturated carbocycles. The molecule has 2 aromatic rings. The van der Waals surface area contributed by atoms with Crippen LogP contribution in [0.4, 0.5) is 5.95 Å². The summed E-state index contributed by atoms with van der Waals surface area (Å²) in [4.78, 5) is 4.47. The van der Waals surface area contributed by atoms with Crippen molar-refractivity contribution >= 4 is 27.5 Å². The van der Waals surface area contributed by atoms with E-state index >= 15 is 0 Å². The molecule has 4 nitrogen and oxygen atoms in total. The van der Waals surface area contributed by atoms with E-state index in [1.54, 1.807) is 4.52 Å². The Kier molecular flexibility index (Phi) is 2.58. The standard InChI is InChI=1S/C12H15BrN4/c1-2-12(5-6-12)8-14-11-15-10-9(13)4-3-7-17(10)16-11/h3-4,7H,2,5-6,8H2,1H3,(H,14,16). The predicted molar refractivity (Wildman–Crippen MR) is 71.1 cm³/mol. The van der Waals surface area contributed by atoms with Gasteiger partial charge in [0.1, 0.15) is 0 Å². The molecule has 0 bridgehead atoms. The highest BCUT2D eigenvalue weighted by atomic mass is 79.9. The lowest BCUT2D eigenvalue weighted by molar-refractivity contribution is 0.520. The van der Waals surface area contributed by atoms with Crippen LogP contribution in [0.3, 0.4) is 0 Å². The Labute approximate surface area is 109 Å². The first kappa shape index (κ1) is 11.0. The van der Waals surface area contributed by atoms with Gasteiger partial charge in [-0.05, 0) is 52.7 Å². The molecule has 0 saturated heterocycles. The average molecular weight is 295 g/mol. The number of aromatic nitrogens is 3. The molecular weight excluding hydrogens is 280 g/mol. The Morgan fingerprint density at radius 2 is 2.35 bits per heavy atom. The highest BCUT2D eigenvalue weighted by molar-refractivity contribution is 9.10. The molecule has 1 aliphatic carbocycles. The fourth-order valence-corrected chi connectivity index (χ4v) is 2.47. The maximum absolute atomic E-state index is 4.47. The van der Waals surface area contributed by atoms with Crippen molar-refractivity contribution in [2.75, 3.05) is 11.9 Å². The largest absolute Gasteiger partial charge is 0.352 e. The number of hydrogen-bond donors (Lipinski definition) is 1. The molecule has 2 heterocycles. The van der Waals surface area contributed by atoms with Crippen LogP contribution in [0.1, 0.15) is 26.2 Å². The smallest absolute Gasteiger partial charge is 0.243 e. The lowest BCUT2D eigenvalue weighted by atomic mass is 10.0. The molecule has 5 heteroatoms. The molecule has 0 amide bonds. The summed E-state index contributed by atoms with van der Waals surface area (Å²) in [5.74, 6) is 0.719.